The molecular weight excluding hydrogens is 338 g/mol. The lowest BCUT2D eigenvalue weighted by Gasteiger charge is -2.50. The van der Waals surface area contributed by atoms with Crippen molar-refractivity contribution in [2.45, 2.75) is 69.6 Å². The van der Waals surface area contributed by atoms with E-state index in [2.05, 4.69) is 30.0 Å². The summed E-state index contributed by atoms with van der Waals surface area (Å²) in [5.74, 6) is 1.30. The molecule has 4 rings (SSSR count). The molecule has 0 radical (unpaired) electrons. The van der Waals surface area contributed by atoms with Crippen LogP contribution in [0.3, 0.4) is 0 Å². The second kappa shape index (κ2) is 7.65. The number of ether oxygens (including phenoxy) is 2. The van der Waals surface area contributed by atoms with E-state index in [9.17, 15) is 4.79 Å². The maximum Gasteiger partial charge on any atom is 0.160 e. The number of aryl methyl sites for hydroxylation is 1. The highest BCUT2D eigenvalue weighted by atomic mass is 16.7. The molecule has 0 N–H and O–H groups in total. The maximum atomic E-state index is 13.7. The number of fused-ring (bicyclic) bond motifs is 4. The van der Waals surface area contributed by atoms with E-state index in [-0.39, 0.29) is 17.7 Å². The molecule has 4 nitrogen and oxygen atoms in total. The molecular formula is C23H33NO3. The Kier molecular flexibility index (Phi) is 5.41. The number of nitrogens with zero attached hydrogens (tertiary/aromatic N) is 1. The molecule has 1 aliphatic heterocycles. The van der Waals surface area contributed by atoms with E-state index in [1.54, 1.807) is 14.2 Å². The van der Waals surface area contributed by atoms with Gasteiger partial charge in [-0.1, -0.05) is 23.8 Å². The lowest BCUT2D eigenvalue weighted by Crippen LogP contribution is -2.61. The average Bonchev–Trinajstić information content (AvgIpc) is 3.48. The van der Waals surface area contributed by atoms with Crippen LogP contribution in [0.4, 0.5) is 0 Å². The quantitative estimate of drug-likeness (QED) is 0.654. The fourth-order valence-electron chi connectivity index (χ4n) is 5.25. The molecule has 2 atom stereocenters. The second-order valence-electron chi connectivity index (χ2n) is 8.81. The fourth-order valence-corrected chi connectivity index (χ4v) is 5.25. The van der Waals surface area contributed by atoms with Gasteiger partial charge in [0.05, 0.1) is 11.5 Å². The van der Waals surface area contributed by atoms with Gasteiger partial charge in [0.25, 0.3) is 0 Å². The molecule has 2 aliphatic carbocycles. The van der Waals surface area contributed by atoms with Crippen LogP contribution in [0.2, 0.25) is 0 Å². The highest BCUT2D eigenvalue weighted by molar-refractivity contribution is 5.97. The summed E-state index contributed by atoms with van der Waals surface area (Å²) >= 11 is 0. The zero-order chi connectivity index (χ0) is 19.0. The Morgan fingerprint density at radius 3 is 2.74 bits per heavy atom. The smallest absolute Gasteiger partial charge is 0.160 e. The number of Topliss-reactive ketones (excluding diaryl/α,β-unsaturated/α-hetero) is 1. The lowest BCUT2D eigenvalue weighted by molar-refractivity contribution is -0.137. The van der Waals surface area contributed by atoms with Gasteiger partial charge < -0.3 is 9.47 Å². The Labute approximate surface area is 163 Å². The van der Waals surface area contributed by atoms with E-state index in [0.29, 0.717) is 5.78 Å². The molecule has 0 unspecified atom stereocenters. The number of likely N-dealkylation sites (tertiary alicyclic amines) is 1. The van der Waals surface area contributed by atoms with Crippen LogP contribution in [0, 0.1) is 12.8 Å². The highest BCUT2D eigenvalue weighted by Gasteiger charge is 2.52. The summed E-state index contributed by atoms with van der Waals surface area (Å²) in [6.07, 6.45) is 7.03. The zero-order valence-corrected chi connectivity index (χ0v) is 17.0. The van der Waals surface area contributed by atoms with Gasteiger partial charge in [0.2, 0.25) is 0 Å². The summed E-state index contributed by atoms with van der Waals surface area (Å²) in [6.45, 7) is 4.31. The number of benzene rings is 1. The average molecular weight is 372 g/mol. The molecule has 1 saturated heterocycles. The van der Waals surface area contributed by atoms with E-state index < -0.39 is 0 Å². The number of carbonyl (C=O) groups is 1. The third kappa shape index (κ3) is 3.59. The summed E-state index contributed by atoms with van der Waals surface area (Å²) < 4.78 is 10.7. The summed E-state index contributed by atoms with van der Waals surface area (Å²) in [4.78, 5) is 16.2. The monoisotopic (exact) mass is 371 g/mol. The molecule has 27 heavy (non-hydrogen) atoms. The van der Waals surface area contributed by atoms with Crippen LogP contribution in [-0.4, -0.2) is 50.3 Å². The first kappa shape index (κ1) is 19.1. The first-order valence-corrected chi connectivity index (χ1v) is 10.5. The Morgan fingerprint density at radius 1 is 1.26 bits per heavy atom. The van der Waals surface area contributed by atoms with Crippen LogP contribution in [-0.2, 0) is 26.1 Å². The maximum absolute atomic E-state index is 13.7. The van der Waals surface area contributed by atoms with Crippen molar-refractivity contribution in [3.8, 4) is 0 Å². The SMILES string of the molecule is COC(CCC[C@]12CCN(CC3CC3)[C@H](Cc3ccc(C)cc31)C2=O)OC. The number of methoxy groups -OCH3 is 2. The van der Waals surface area contributed by atoms with Gasteiger partial charge in [-0.05, 0) is 68.9 Å². The lowest BCUT2D eigenvalue weighted by atomic mass is 9.60. The largest absolute Gasteiger partial charge is 0.356 e. The van der Waals surface area contributed by atoms with Gasteiger partial charge >= 0.3 is 0 Å². The second-order valence-corrected chi connectivity index (χ2v) is 8.81. The van der Waals surface area contributed by atoms with E-state index in [1.165, 1.54) is 29.5 Å². The van der Waals surface area contributed by atoms with Gasteiger partial charge in [0.1, 0.15) is 0 Å². The van der Waals surface area contributed by atoms with Crippen LogP contribution < -0.4 is 0 Å². The van der Waals surface area contributed by atoms with Crippen LogP contribution in [0.25, 0.3) is 0 Å². The van der Waals surface area contributed by atoms with Crippen molar-refractivity contribution in [2.24, 2.45) is 5.92 Å². The third-order valence-electron chi connectivity index (χ3n) is 6.99. The zero-order valence-electron chi connectivity index (χ0n) is 17.0. The number of carbonyl (C=O) groups excluding carboxylic acids is 1. The topological polar surface area (TPSA) is 38.8 Å². The standard InChI is InChI=1S/C23H33NO3/c1-16-6-9-18-14-20-22(25)23(19(18)13-16,10-4-5-21(26-2)27-3)11-12-24(20)15-17-7-8-17/h6,9,13,17,20-21H,4-5,7-8,10-12,14-15H2,1-3H3/t20-,23+/m1/s1. The molecule has 0 aromatic heterocycles. The Morgan fingerprint density at radius 2 is 2.04 bits per heavy atom. The van der Waals surface area contributed by atoms with Gasteiger partial charge in [-0.3, -0.25) is 9.69 Å². The molecule has 1 heterocycles. The van der Waals surface area contributed by atoms with Crippen LogP contribution in [0.5, 0.6) is 0 Å². The molecule has 4 heteroatoms. The summed E-state index contributed by atoms with van der Waals surface area (Å²) in [6, 6.07) is 6.83. The van der Waals surface area contributed by atoms with Gasteiger partial charge in [0, 0.05) is 27.3 Å². The minimum Gasteiger partial charge on any atom is -0.356 e. The molecule has 0 amide bonds. The summed E-state index contributed by atoms with van der Waals surface area (Å²) in [5, 5.41) is 0. The van der Waals surface area contributed by atoms with Gasteiger partial charge in [-0.2, -0.15) is 0 Å². The van der Waals surface area contributed by atoms with Crippen LogP contribution in [0.1, 0.15) is 55.2 Å². The van der Waals surface area contributed by atoms with Gasteiger partial charge in [0.15, 0.2) is 12.1 Å². The molecule has 1 aromatic rings. The van der Waals surface area contributed by atoms with Crippen molar-refractivity contribution in [1.29, 1.82) is 0 Å². The predicted octanol–water partition coefficient (Wildman–Crippen LogP) is 3.63. The Bertz CT molecular complexity index is 695. The van der Waals surface area contributed by atoms with Gasteiger partial charge in [-0.25, -0.2) is 0 Å². The number of ketones is 1. The predicted molar refractivity (Wildman–Crippen MR) is 106 cm³/mol. The normalized spacial score (nSPS) is 27.9. The van der Waals surface area contributed by atoms with Gasteiger partial charge in [-0.15, -0.1) is 0 Å². The van der Waals surface area contributed by atoms with Crippen molar-refractivity contribution >= 4 is 5.78 Å². The first-order valence-electron chi connectivity index (χ1n) is 10.5. The molecule has 1 aromatic carbocycles. The molecule has 3 aliphatic rings. The molecule has 148 valence electrons. The fraction of sp³-hybridized carbons (Fsp3) is 0.696. The number of hydrogen-bond donors (Lipinski definition) is 0. The Balaban J connectivity index is 1.61. The van der Waals surface area contributed by atoms with E-state index in [1.807, 2.05) is 0 Å². The van der Waals surface area contributed by atoms with Crippen molar-refractivity contribution in [2.75, 3.05) is 27.3 Å². The first-order chi connectivity index (χ1) is 13.1. The molecule has 1 saturated carbocycles. The van der Waals surface area contributed by atoms with Crippen molar-refractivity contribution in [1.82, 2.24) is 4.90 Å². The molecule has 2 fully saturated rings. The van der Waals surface area contributed by atoms with Crippen molar-refractivity contribution < 1.29 is 14.3 Å². The number of hydrogen-bond acceptors (Lipinski definition) is 4. The minimum atomic E-state index is -0.309. The van der Waals surface area contributed by atoms with E-state index in [4.69, 9.17) is 9.47 Å². The molecule has 0 spiro atoms. The minimum absolute atomic E-state index is 0.0789. The highest BCUT2D eigenvalue weighted by Crippen LogP contribution is 2.47. The van der Waals surface area contributed by atoms with Crippen molar-refractivity contribution in [3.63, 3.8) is 0 Å². The summed E-state index contributed by atoms with van der Waals surface area (Å²) in [5.41, 5.74) is 3.64. The van der Waals surface area contributed by atoms with Crippen LogP contribution >= 0.6 is 0 Å². The Hall–Kier alpha value is -1.23. The van der Waals surface area contributed by atoms with Crippen molar-refractivity contribution in [3.05, 3.63) is 34.9 Å². The molecule has 2 bridgehead atoms. The number of rotatable bonds is 8. The van der Waals surface area contributed by atoms with E-state index in [0.717, 1.165) is 51.1 Å². The summed E-state index contributed by atoms with van der Waals surface area (Å²) in [7, 11) is 3.37. The number of piperidine rings is 1. The van der Waals surface area contributed by atoms with Crippen LogP contribution in [0.15, 0.2) is 18.2 Å². The van der Waals surface area contributed by atoms with E-state index >= 15 is 0 Å². The third-order valence-corrected chi connectivity index (χ3v) is 6.99.